The summed E-state index contributed by atoms with van der Waals surface area (Å²) in [6.07, 6.45) is 0.135. The molecule has 0 radical (unpaired) electrons. The molecule has 0 bridgehead atoms. The summed E-state index contributed by atoms with van der Waals surface area (Å²) >= 11 is 0. The fourth-order valence-corrected chi connectivity index (χ4v) is 2.10. The van der Waals surface area contributed by atoms with E-state index >= 15 is 0 Å². The lowest BCUT2D eigenvalue weighted by Crippen LogP contribution is -2.54. The second kappa shape index (κ2) is 9.63. The third kappa shape index (κ3) is 9.94. The molecule has 0 aromatic rings. The van der Waals surface area contributed by atoms with Crippen LogP contribution in [-0.4, -0.2) is 54.7 Å². The number of alkyl carbamates (subject to hydrolysis) is 1. The third-order valence-corrected chi connectivity index (χ3v) is 3.33. The van der Waals surface area contributed by atoms with Crippen molar-refractivity contribution in [1.82, 2.24) is 10.2 Å². The van der Waals surface area contributed by atoms with Crippen molar-refractivity contribution in [3.05, 3.63) is 0 Å². The number of ether oxygens (including phenoxy) is 2. The summed E-state index contributed by atoms with van der Waals surface area (Å²) in [5.74, 6) is -0.496. The van der Waals surface area contributed by atoms with Gasteiger partial charge < -0.3 is 19.7 Å². The second-order valence-electron chi connectivity index (χ2n) is 8.11. The number of nitrogens with zero attached hydrogens (tertiary/aromatic N) is 1. The molecule has 2 amide bonds. The molecule has 0 aliphatic rings. The Bertz CT molecular complexity index is 463. The van der Waals surface area contributed by atoms with Crippen molar-refractivity contribution in [3.8, 4) is 0 Å². The first-order valence-corrected chi connectivity index (χ1v) is 8.68. The monoisotopic (exact) mass is 358 g/mol. The highest BCUT2D eigenvalue weighted by atomic mass is 16.6. The molecule has 0 fully saturated rings. The van der Waals surface area contributed by atoms with Gasteiger partial charge in [-0.05, 0) is 39.5 Å². The fraction of sp³-hybridized carbons (Fsp3) is 0.833. The van der Waals surface area contributed by atoms with E-state index in [1.165, 1.54) is 4.90 Å². The van der Waals surface area contributed by atoms with E-state index in [0.717, 1.165) is 0 Å². The Hall–Kier alpha value is -1.79. The number of amides is 2. The van der Waals surface area contributed by atoms with E-state index in [4.69, 9.17) is 9.47 Å². The van der Waals surface area contributed by atoms with Gasteiger partial charge in [0.05, 0.1) is 6.61 Å². The number of nitrogens with one attached hydrogen (secondary N) is 1. The van der Waals surface area contributed by atoms with Gasteiger partial charge in [-0.3, -0.25) is 9.59 Å². The first-order chi connectivity index (χ1) is 11.3. The number of likely N-dealkylation sites (N-methyl/N-ethyl adjacent to an activating group) is 1. The molecule has 0 aliphatic heterocycles. The average Bonchev–Trinajstić information content (AvgIpc) is 2.41. The van der Waals surface area contributed by atoms with E-state index in [0.29, 0.717) is 19.6 Å². The Morgan fingerprint density at radius 1 is 1.08 bits per heavy atom. The zero-order valence-corrected chi connectivity index (χ0v) is 16.9. The molecule has 0 saturated carbocycles. The lowest BCUT2D eigenvalue weighted by Gasteiger charge is -2.34. The van der Waals surface area contributed by atoms with Gasteiger partial charge in [0.25, 0.3) is 0 Å². The quantitative estimate of drug-likeness (QED) is 0.707. The normalized spacial score (nSPS) is 13.0. The minimum atomic E-state index is -0.727. The van der Waals surface area contributed by atoms with Gasteiger partial charge in [-0.1, -0.05) is 20.8 Å². The van der Waals surface area contributed by atoms with Crippen LogP contribution in [-0.2, 0) is 19.1 Å². The maximum Gasteiger partial charge on any atom is 0.408 e. The summed E-state index contributed by atoms with van der Waals surface area (Å²) in [7, 11) is 1.66. The molecule has 0 rings (SSSR count). The number of esters is 1. The summed E-state index contributed by atoms with van der Waals surface area (Å²) in [5, 5.41) is 2.67. The first kappa shape index (κ1) is 23.2. The van der Waals surface area contributed by atoms with Crippen LogP contribution in [0.25, 0.3) is 0 Å². The summed E-state index contributed by atoms with van der Waals surface area (Å²) in [6, 6.07) is -0.727. The number of carbonyl (C=O) groups excluding carboxylic acids is 3. The third-order valence-electron chi connectivity index (χ3n) is 3.33. The highest BCUT2D eigenvalue weighted by Gasteiger charge is 2.35. The summed E-state index contributed by atoms with van der Waals surface area (Å²) < 4.78 is 10.1. The highest BCUT2D eigenvalue weighted by Crippen LogP contribution is 2.22. The standard InChI is InChI=1S/C18H34N2O5/c1-9-24-13(21)11-10-12-20(8)15(22)14(17(2,3)4)19-16(23)25-18(5,6)7/h14H,9-12H2,1-8H3,(H,19,23)/t14-/m1/s1. The van der Waals surface area contributed by atoms with Crippen molar-refractivity contribution in [2.24, 2.45) is 5.41 Å². The van der Waals surface area contributed by atoms with Gasteiger partial charge in [0, 0.05) is 20.0 Å². The van der Waals surface area contributed by atoms with Crippen LogP contribution in [0.2, 0.25) is 0 Å². The molecule has 0 aromatic heterocycles. The topological polar surface area (TPSA) is 84.9 Å². The van der Waals surface area contributed by atoms with E-state index in [2.05, 4.69) is 5.32 Å². The Kier molecular flexibility index (Phi) is 8.94. The van der Waals surface area contributed by atoms with Gasteiger partial charge >= 0.3 is 12.1 Å². The molecular formula is C18H34N2O5. The number of carbonyl (C=O) groups is 3. The van der Waals surface area contributed by atoms with Crippen LogP contribution in [0, 0.1) is 5.41 Å². The van der Waals surface area contributed by atoms with Crippen LogP contribution in [0.3, 0.4) is 0 Å². The average molecular weight is 358 g/mol. The molecule has 0 heterocycles. The molecule has 0 aromatic carbocycles. The van der Waals surface area contributed by atoms with Gasteiger partial charge in [0.1, 0.15) is 11.6 Å². The molecule has 7 nitrogen and oxygen atoms in total. The number of rotatable bonds is 7. The van der Waals surface area contributed by atoms with Crippen LogP contribution in [0.4, 0.5) is 4.79 Å². The molecule has 1 atom stereocenters. The lowest BCUT2D eigenvalue weighted by molar-refractivity contribution is -0.144. The van der Waals surface area contributed by atoms with Gasteiger partial charge in [0.15, 0.2) is 0 Å². The number of hydrogen-bond acceptors (Lipinski definition) is 5. The van der Waals surface area contributed by atoms with Gasteiger partial charge in [0.2, 0.25) is 5.91 Å². The molecule has 0 unspecified atom stereocenters. The molecule has 0 aliphatic carbocycles. The molecule has 25 heavy (non-hydrogen) atoms. The Balaban J connectivity index is 4.78. The van der Waals surface area contributed by atoms with Crippen LogP contribution in [0.15, 0.2) is 0 Å². The van der Waals surface area contributed by atoms with Crippen LogP contribution >= 0.6 is 0 Å². The predicted octanol–water partition coefficient (Wildman–Crippen LogP) is 2.73. The smallest absolute Gasteiger partial charge is 0.408 e. The summed E-state index contributed by atoms with van der Waals surface area (Å²) in [6.45, 7) is 13.4. The number of hydrogen-bond donors (Lipinski definition) is 1. The lowest BCUT2D eigenvalue weighted by atomic mass is 9.86. The van der Waals surface area contributed by atoms with Crippen molar-refractivity contribution in [1.29, 1.82) is 0 Å². The van der Waals surface area contributed by atoms with E-state index in [1.54, 1.807) is 34.7 Å². The summed E-state index contributed by atoms with van der Waals surface area (Å²) in [4.78, 5) is 37.7. The van der Waals surface area contributed by atoms with Gasteiger partial charge in [-0.2, -0.15) is 0 Å². The Morgan fingerprint density at radius 3 is 2.08 bits per heavy atom. The molecule has 1 N–H and O–H groups in total. The summed E-state index contributed by atoms with van der Waals surface area (Å²) in [5.41, 5.74) is -1.12. The maximum absolute atomic E-state index is 12.7. The van der Waals surface area contributed by atoms with E-state index in [9.17, 15) is 14.4 Å². The predicted molar refractivity (Wildman–Crippen MR) is 96.1 cm³/mol. The van der Waals surface area contributed by atoms with Crippen molar-refractivity contribution in [2.45, 2.75) is 73.0 Å². The molecule has 146 valence electrons. The highest BCUT2D eigenvalue weighted by molar-refractivity contribution is 5.86. The van der Waals surface area contributed by atoms with Crippen molar-refractivity contribution in [3.63, 3.8) is 0 Å². The van der Waals surface area contributed by atoms with E-state index in [1.807, 2.05) is 20.8 Å². The van der Waals surface area contributed by atoms with E-state index in [-0.39, 0.29) is 18.3 Å². The molecular weight excluding hydrogens is 324 g/mol. The van der Waals surface area contributed by atoms with Crippen LogP contribution in [0.1, 0.15) is 61.3 Å². The minimum absolute atomic E-state index is 0.220. The first-order valence-electron chi connectivity index (χ1n) is 8.68. The van der Waals surface area contributed by atoms with E-state index < -0.39 is 23.2 Å². The zero-order chi connectivity index (χ0) is 19.8. The van der Waals surface area contributed by atoms with Gasteiger partial charge in [-0.25, -0.2) is 4.79 Å². The Labute approximate surface area is 151 Å². The van der Waals surface area contributed by atoms with Gasteiger partial charge in [-0.15, -0.1) is 0 Å². The SMILES string of the molecule is CCOC(=O)CCCN(C)C(=O)[C@@H](NC(=O)OC(C)(C)C)C(C)(C)C. The Morgan fingerprint density at radius 2 is 1.64 bits per heavy atom. The molecule has 0 spiro atoms. The van der Waals surface area contributed by atoms with Crippen molar-refractivity contribution >= 4 is 18.0 Å². The largest absolute Gasteiger partial charge is 0.466 e. The second-order valence-corrected chi connectivity index (χ2v) is 8.11. The van der Waals surface area contributed by atoms with Crippen molar-refractivity contribution in [2.75, 3.05) is 20.2 Å². The fourth-order valence-electron chi connectivity index (χ4n) is 2.10. The maximum atomic E-state index is 12.7. The zero-order valence-electron chi connectivity index (χ0n) is 16.9. The van der Waals surface area contributed by atoms with Crippen LogP contribution in [0.5, 0.6) is 0 Å². The van der Waals surface area contributed by atoms with Crippen molar-refractivity contribution < 1.29 is 23.9 Å². The minimum Gasteiger partial charge on any atom is -0.466 e. The molecule has 7 heteroatoms. The molecule has 0 saturated heterocycles. The van der Waals surface area contributed by atoms with Crippen LogP contribution < -0.4 is 5.32 Å².